The van der Waals surface area contributed by atoms with Crippen LogP contribution in [-0.2, 0) is 0 Å². The second-order valence-corrected chi connectivity index (χ2v) is 4.96. The molecule has 0 spiro atoms. The molecule has 0 bridgehead atoms. The highest BCUT2D eigenvalue weighted by molar-refractivity contribution is 6.04. The zero-order chi connectivity index (χ0) is 15.4. The van der Waals surface area contributed by atoms with Crippen molar-refractivity contribution in [2.75, 3.05) is 36.4 Å². The lowest BCUT2D eigenvalue weighted by atomic mass is 10.3. The van der Waals surface area contributed by atoms with Crippen LogP contribution in [0.15, 0.2) is 36.7 Å². The topological polar surface area (TPSA) is 90.4 Å². The molecular formula is C15H17N5O2. The first-order valence-electron chi connectivity index (χ1n) is 7.11. The lowest BCUT2D eigenvalue weighted by molar-refractivity contribution is 0.101. The number of pyridine rings is 2. The molecule has 0 aromatic carbocycles. The van der Waals surface area contributed by atoms with Gasteiger partial charge in [-0.15, -0.1) is 0 Å². The minimum atomic E-state index is -0.486. The van der Waals surface area contributed by atoms with Crippen LogP contribution in [0.1, 0.15) is 10.5 Å². The van der Waals surface area contributed by atoms with E-state index in [9.17, 15) is 9.90 Å². The molecule has 1 fully saturated rings. The largest absolute Gasteiger partial charge is 0.505 e. The normalized spacial score (nSPS) is 14.6. The summed E-state index contributed by atoms with van der Waals surface area (Å²) in [5.41, 5.74) is 1.01. The van der Waals surface area contributed by atoms with Crippen molar-refractivity contribution in [3.8, 4) is 5.75 Å². The predicted octanol–water partition coefficient (Wildman–Crippen LogP) is 0.844. The van der Waals surface area contributed by atoms with Crippen LogP contribution < -0.4 is 15.5 Å². The van der Waals surface area contributed by atoms with Crippen molar-refractivity contribution in [2.45, 2.75) is 0 Å². The molecule has 7 heteroatoms. The van der Waals surface area contributed by atoms with Gasteiger partial charge in [0.25, 0.3) is 5.91 Å². The first-order valence-corrected chi connectivity index (χ1v) is 7.11. The van der Waals surface area contributed by atoms with E-state index in [0.717, 1.165) is 31.9 Å². The third kappa shape index (κ3) is 3.15. The van der Waals surface area contributed by atoms with E-state index in [0.29, 0.717) is 5.82 Å². The molecule has 0 aliphatic carbocycles. The summed E-state index contributed by atoms with van der Waals surface area (Å²) < 4.78 is 0. The Morgan fingerprint density at radius 2 is 2.05 bits per heavy atom. The summed E-state index contributed by atoms with van der Waals surface area (Å²) in [4.78, 5) is 22.4. The van der Waals surface area contributed by atoms with Crippen molar-refractivity contribution in [3.05, 3.63) is 42.4 Å². The summed E-state index contributed by atoms with van der Waals surface area (Å²) in [6, 6.07) is 6.65. The number of aromatic hydroxyl groups is 1. The van der Waals surface area contributed by atoms with Crippen molar-refractivity contribution >= 4 is 17.4 Å². The minimum Gasteiger partial charge on any atom is -0.505 e. The van der Waals surface area contributed by atoms with Crippen molar-refractivity contribution in [1.29, 1.82) is 0 Å². The van der Waals surface area contributed by atoms with E-state index >= 15 is 0 Å². The van der Waals surface area contributed by atoms with Crippen LogP contribution in [0.25, 0.3) is 0 Å². The number of hydrogen-bond acceptors (Lipinski definition) is 6. The molecule has 1 saturated heterocycles. The zero-order valence-electron chi connectivity index (χ0n) is 12.0. The van der Waals surface area contributed by atoms with Gasteiger partial charge in [0, 0.05) is 32.4 Å². The second-order valence-electron chi connectivity index (χ2n) is 4.96. The van der Waals surface area contributed by atoms with Gasteiger partial charge in [-0.3, -0.25) is 4.79 Å². The van der Waals surface area contributed by atoms with Gasteiger partial charge >= 0.3 is 0 Å². The first-order chi connectivity index (χ1) is 10.7. The number of carbonyl (C=O) groups is 1. The van der Waals surface area contributed by atoms with E-state index in [1.54, 1.807) is 18.3 Å². The molecular weight excluding hydrogens is 282 g/mol. The maximum atomic E-state index is 12.0. The van der Waals surface area contributed by atoms with Crippen LogP contribution in [0, 0.1) is 0 Å². The van der Waals surface area contributed by atoms with E-state index in [-0.39, 0.29) is 11.4 Å². The number of rotatable bonds is 3. The number of anilines is 2. The lowest BCUT2D eigenvalue weighted by Gasteiger charge is -2.29. The van der Waals surface area contributed by atoms with E-state index < -0.39 is 5.91 Å². The highest BCUT2D eigenvalue weighted by Crippen LogP contribution is 2.17. The second kappa shape index (κ2) is 6.40. The fourth-order valence-corrected chi connectivity index (χ4v) is 2.32. The molecule has 3 rings (SSSR count). The molecule has 114 valence electrons. The minimum absolute atomic E-state index is 0.0181. The molecule has 1 aliphatic heterocycles. The number of hydrogen-bond donors (Lipinski definition) is 3. The van der Waals surface area contributed by atoms with Gasteiger partial charge in [-0.05, 0) is 24.3 Å². The highest BCUT2D eigenvalue weighted by atomic mass is 16.3. The molecule has 0 unspecified atom stereocenters. The Kier molecular flexibility index (Phi) is 4.15. The Hall–Kier alpha value is -2.67. The van der Waals surface area contributed by atoms with Crippen molar-refractivity contribution in [2.24, 2.45) is 0 Å². The number of nitrogens with one attached hydrogen (secondary N) is 2. The summed E-state index contributed by atoms with van der Waals surface area (Å²) in [7, 11) is 0. The SMILES string of the molecule is O=C(Nc1ccc(N2CCNCC2)cn1)c1ncccc1O. The third-order valence-electron chi connectivity index (χ3n) is 3.47. The van der Waals surface area contributed by atoms with Gasteiger partial charge in [-0.1, -0.05) is 0 Å². The van der Waals surface area contributed by atoms with Crippen LogP contribution >= 0.6 is 0 Å². The number of carbonyl (C=O) groups excluding carboxylic acids is 1. The Labute approximate surface area is 128 Å². The molecule has 0 radical (unpaired) electrons. The molecule has 3 heterocycles. The Morgan fingerprint density at radius 1 is 1.23 bits per heavy atom. The summed E-state index contributed by atoms with van der Waals surface area (Å²) in [6.07, 6.45) is 3.19. The van der Waals surface area contributed by atoms with E-state index in [4.69, 9.17) is 0 Å². The Balaban J connectivity index is 1.68. The number of aromatic nitrogens is 2. The van der Waals surface area contributed by atoms with Crippen molar-refractivity contribution in [1.82, 2.24) is 15.3 Å². The molecule has 2 aromatic rings. The number of nitrogens with zero attached hydrogens (tertiary/aromatic N) is 3. The van der Waals surface area contributed by atoms with Crippen molar-refractivity contribution < 1.29 is 9.90 Å². The standard InChI is InChI=1S/C15H17N5O2/c21-12-2-1-5-17-14(12)15(22)19-13-4-3-11(10-18-13)20-8-6-16-7-9-20/h1-5,10,16,21H,6-9H2,(H,18,19,22). The van der Waals surface area contributed by atoms with Crippen LogP contribution in [0.2, 0.25) is 0 Å². The van der Waals surface area contributed by atoms with Crippen molar-refractivity contribution in [3.63, 3.8) is 0 Å². The fourth-order valence-electron chi connectivity index (χ4n) is 2.32. The van der Waals surface area contributed by atoms with E-state index in [2.05, 4.69) is 25.5 Å². The predicted molar refractivity (Wildman–Crippen MR) is 83.2 cm³/mol. The van der Waals surface area contributed by atoms with Gasteiger partial charge in [0.1, 0.15) is 11.6 Å². The van der Waals surface area contributed by atoms with Crippen LogP contribution in [0.5, 0.6) is 5.75 Å². The Morgan fingerprint density at radius 3 is 2.73 bits per heavy atom. The van der Waals surface area contributed by atoms with Crippen LogP contribution in [0.4, 0.5) is 11.5 Å². The zero-order valence-corrected chi connectivity index (χ0v) is 12.0. The average Bonchev–Trinajstić information content (AvgIpc) is 2.57. The summed E-state index contributed by atoms with van der Waals surface area (Å²) >= 11 is 0. The van der Waals surface area contributed by atoms with Gasteiger partial charge < -0.3 is 20.6 Å². The molecule has 0 saturated carbocycles. The van der Waals surface area contributed by atoms with E-state index in [1.165, 1.54) is 12.3 Å². The maximum absolute atomic E-state index is 12.0. The first kappa shape index (κ1) is 14.3. The lowest BCUT2D eigenvalue weighted by Crippen LogP contribution is -2.43. The quantitative estimate of drug-likeness (QED) is 0.778. The summed E-state index contributed by atoms with van der Waals surface area (Å²) in [5, 5.41) is 15.5. The molecule has 1 aliphatic rings. The fraction of sp³-hybridized carbons (Fsp3) is 0.267. The number of piperazine rings is 1. The summed E-state index contributed by atoms with van der Waals surface area (Å²) in [6.45, 7) is 3.79. The monoisotopic (exact) mass is 299 g/mol. The average molecular weight is 299 g/mol. The smallest absolute Gasteiger partial charge is 0.279 e. The molecule has 1 amide bonds. The number of amides is 1. The van der Waals surface area contributed by atoms with E-state index in [1.807, 2.05) is 6.07 Å². The molecule has 22 heavy (non-hydrogen) atoms. The molecule has 2 aromatic heterocycles. The third-order valence-corrected chi connectivity index (χ3v) is 3.47. The maximum Gasteiger partial charge on any atom is 0.279 e. The van der Waals surface area contributed by atoms with Crippen LogP contribution in [-0.4, -0.2) is 47.2 Å². The summed E-state index contributed by atoms with van der Waals surface area (Å²) in [5.74, 6) is -0.216. The van der Waals surface area contributed by atoms with Gasteiger partial charge in [-0.25, -0.2) is 9.97 Å². The Bertz CT molecular complexity index is 653. The van der Waals surface area contributed by atoms with Gasteiger partial charge in [0.05, 0.1) is 11.9 Å². The van der Waals surface area contributed by atoms with Gasteiger partial charge in [0.2, 0.25) is 0 Å². The van der Waals surface area contributed by atoms with Gasteiger partial charge in [-0.2, -0.15) is 0 Å². The molecule has 3 N–H and O–H groups in total. The molecule has 0 atom stereocenters. The van der Waals surface area contributed by atoms with Gasteiger partial charge in [0.15, 0.2) is 5.69 Å². The molecule has 7 nitrogen and oxygen atoms in total. The highest BCUT2D eigenvalue weighted by Gasteiger charge is 2.14. The van der Waals surface area contributed by atoms with Crippen LogP contribution in [0.3, 0.4) is 0 Å².